The van der Waals surface area contributed by atoms with Crippen molar-refractivity contribution in [2.24, 2.45) is 11.8 Å². The minimum absolute atomic E-state index is 0.0674. The zero-order valence-electron chi connectivity index (χ0n) is 16.9. The predicted octanol–water partition coefficient (Wildman–Crippen LogP) is 0.101. The second kappa shape index (κ2) is 7.66. The van der Waals surface area contributed by atoms with Gasteiger partial charge in [-0.3, -0.25) is 9.59 Å². The normalized spacial score (nSPS) is 26.2. The van der Waals surface area contributed by atoms with Gasteiger partial charge in [0, 0.05) is 0 Å². The summed E-state index contributed by atoms with van der Waals surface area (Å²) >= 11 is 0. The maximum Gasteiger partial charge on any atom is 0.243 e. The molecule has 2 amide bonds. The van der Waals surface area contributed by atoms with Crippen molar-refractivity contribution in [1.82, 2.24) is 9.21 Å². The lowest BCUT2D eigenvalue weighted by molar-refractivity contribution is -0.910. The number of hydrogen-bond acceptors (Lipinski definition) is 4. The molecular weight excluding hydrogens is 390 g/mol. The van der Waals surface area contributed by atoms with Gasteiger partial charge < -0.3 is 4.90 Å². The van der Waals surface area contributed by atoms with Gasteiger partial charge in [-0.25, -0.2) is 13.3 Å². The van der Waals surface area contributed by atoms with E-state index in [0.29, 0.717) is 50.6 Å². The number of nitrogens with one attached hydrogen (secondary N) is 1. The van der Waals surface area contributed by atoms with Crippen molar-refractivity contribution in [1.29, 1.82) is 0 Å². The molecule has 8 heteroatoms. The van der Waals surface area contributed by atoms with E-state index in [9.17, 15) is 18.0 Å². The van der Waals surface area contributed by atoms with Crippen molar-refractivity contribution in [3.05, 3.63) is 41.5 Å². The number of carbonyl (C=O) groups is 2. The fourth-order valence-corrected chi connectivity index (χ4v) is 6.32. The van der Waals surface area contributed by atoms with E-state index >= 15 is 0 Å². The first-order valence-electron chi connectivity index (χ1n) is 10.2. The Kier molecular flexibility index (Phi) is 5.35. The molecule has 0 aromatic heterocycles. The van der Waals surface area contributed by atoms with Gasteiger partial charge in [0.05, 0.1) is 42.9 Å². The minimum Gasteiger partial charge on any atom is -0.315 e. The molecule has 1 aliphatic carbocycles. The van der Waals surface area contributed by atoms with Crippen LogP contribution < -0.4 is 4.90 Å². The van der Waals surface area contributed by atoms with Crippen LogP contribution in [0.15, 0.2) is 35.2 Å². The number of carbonyl (C=O) groups excluding carboxylic acids is 2. The van der Waals surface area contributed by atoms with Gasteiger partial charge in [0.1, 0.15) is 0 Å². The van der Waals surface area contributed by atoms with Gasteiger partial charge in [-0.15, -0.1) is 0 Å². The number of amides is 2. The largest absolute Gasteiger partial charge is 0.315 e. The fraction of sp³-hybridized carbons (Fsp3) is 0.524. The van der Waals surface area contributed by atoms with Gasteiger partial charge in [0.15, 0.2) is 6.67 Å². The number of allylic oxidation sites excluding steroid dienone is 2. The van der Waals surface area contributed by atoms with Crippen LogP contribution in [0.2, 0.25) is 0 Å². The average molecular weight is 419 g/mol. The number of fused-ring (bicyclic) bond motifs is 1. The number of aryl methyl sites for hydroxylation is 2. The van der Waals surface area contributed by atoms with Crippen LogP contribution in [0, 0.1) is 25.7 Å². The third-order valence-corrected chi connectivity index (χ3v) is 8.42. The third kappa shape index (κ3) is 3.65. The minimum atomic E-state index is -3.53. The van der Waals surface area contributed by atoms with Crippen LogP contribution in [0.25, 0.3) is 0 Å². The van der Waals surface area contributed by atoms with Gasteiger partial charge >= 0.3 is 0 Å². The summed E-state index contributed by atoms with van der Waals surface area (Å²) in [4.78, 5) is 28.1. The van der Waals surface area contributed by atoms with Crippen LogP contribution in [0.3, 0.4) is 0 Å². The third-order valence-electron chi connectivity index (χ3n) is 6.36. The number of sulfonamides is 1. The number of benzene rings is 1. The number of likely N-dealkylation sites (tertiary alicyclic amines) is 1. The maximum atomic E-state index is 13.0. The molecule has 0 radical (unpaired) electrons. The molecule has 1 aromatic rings. The van der Waals surface area contributed by atoms with Crippen LogP contribution >= 0.6 is 0 Å². The van der Waals surface area contributed by atoms with E-state index in [-0.39, 0.29) is 23.7 Å². The Hall–Kier alpha value is -2.03. The number of piperazine rings is 1. The van der Waals surface area contributed by atoms with Crippen LogP contribution in [-0.2, 0) is 19.6 Å². The zero-order valence-corrected chi connectivity index (χ0v) is 17.7. The van der Waals surface area contributed by atoms with Crippen LogP contribution in [0.1, 0.15) is 24.0 Å². The molecule has 1 aromatic carbocycles. The Morgan fingerprint density at radius 2 is 1.59 bits per heavy atom. The molecule has 156 valence electrons. The molecule has 0 bridgehead atoms. The van der Waals surface area contributed by atoms with Crippen molar-refractivity contribution >= 4 is 21.8 Å². The number of quaternary nitrogens is 1. The molecule has 2 atom stereocenters. The van der Waals surface area contributed by atoms with E-state index in [2.05, 4.69) is 0 Å². The zero-order chi connectivity index (χ0) is 20.8. The molecule has 1 N–H and O–H groups in total. The van der Waals surface area contributed by atoms with Gasteiger partial charge in [-0.2, -0.15) is 4.31 Å². The van der Waals surface area contributed by atoms with Crippen molar-refractivity contribution in [2.75, 3.05) is 32.8 Å². The second-order valence-electron chi connectivity index (χ2n) is 8.34. The molecule has 0 saturated carbocycles. The standard InChI is InChI=1S/C21H27N3O4S/c1-15-7-8-19(16(2)13-15)29(27,28)23-11-9-22(10-12-23)14-24-20(25)17-5-3-4-6-18(17)21(24)26/h3-4,7-8,13,17-18H,5-6,9-12,14H2,1-2H3/p+1/t17-,18+. The highest BCUT2D eigenvalue weighted by atomic mass is 32.2. The van der Waals surface area contributed by atoms with Crippen molar-refractivity contribution in [3.8, 4) is 0 Å². The lowest BCUT2D eigenvalue weighted by Crippen LogP contribution is -3.16. The molecule has 0 spiro atoms. The van der Waals surface area contributed by atoms with Gasteiger partial charge in [0.25, 0.3) is 0 Å². The van der Waals surface area contributed by atoms with Gasteiger partial charge in [-0.05, 0) is 38.3 Å². The number of rotatable bonds is 4. The molecule has 4 rings (SSSR count). The average Bonchev–Trinajstić information content (AvgIpc) is 2.93. The highest BCUT2D eigenvalue weighted by molar-refractivity contribution is 7.89. The molecule has 0 unspecified atom stereocenters. The second-order valence-corrected chi connectivity index (χ2v) is 10.2. The fourth-order valence-electron chi connectivity index (χ4n) is 4.68. The molecular formula is C21H28N3O4S+. The highest BCUT2D eigenvalue weighted by Gasteiger charge is 2.48. The van der Waals surface area contributed by atoms with E-state index in [1.54, 1.807) is 6.07 Å². The molecule has 3 aliphatic rings. The highest BCUT2D eigenvalue weighted by Crippen LogP contribution is 2.34. The smallest absolute Gasteiger partial charge is 0.243 e. The molecule has 7 nitrogen and oxygen atoms in total. The molecule has 2 fully saturated rings. The first-order valence-corrected chi connectivity index (χ1v) is 11.6. The van der Waals surface area contributed by atoms with Crippen molar-refractivity contribution in [2.45, 2.75) is 31.6 Å². The molecule has 29 heavy (non-hydrogen) atoms. The topological polar surface area (TPSA) is 79.2 Å². The summed E-state index contributed by atoms with van der Waals surface area (Å²) in [6.45, 7) is 6.02. The van der Waals surface area contributed by atoms with E-state index in [0.717, 1.165) is 16.0 Å². The van der Waals surface area contributed by atoms with E-state index in [1.165, 1.54) is 9.21 Å². The number of imide groups is 1. The van der Waals surface area contributed by atoms with Crippen molar-refractivity contribution < 1.29 is 22.9 Å². The maximum absolute atomic E-state index is 13.0. The Morgan fingerprint density at radius 3 is 2.14 bits per heavy atom. The summed E-state index contributed by atoms with van der Waals surface area (Å²) in [6.07, 6.45) is 5.25. The molecule has 2 heterocycles. The van der Waals surface area contributed by atoms with Gasteiger partial charge in [-0.1, -0.05) is 29.8 Å². The van der Waals surface area contributed by atoms with E-state index in [4.69, 9.17) is 0 Å². The summed E-state index contributed by atoms with van der Waals surface area (Å²) < 4.78 is 27.6. The Balaban J connectivity index is 1.40. The Labute approximate surface area is 172 Å². The Bertz CT molecular complexity index is 938. The van der Waals surface area contributed by atoms with Crippen molar-refractivity contribution in [3.63, 3.8) is 0 Å². The lowest BCUT2D eigenvalue weighted by Gasteiger charge is -2.33. The number of hydrogen-bond donors (Lipinski definition) is 1. The molecule has 2 aliphatic heterocycles. The summed E-state index contributed by atoms with van der Waals surface area (Å²) in [5.74, 6) is -0.555. The SMILES string of the molecule is Cc1ccc(S(=O)(=O)N2CC[NH+](CN3C(=O)[C@H]4CC=CC[C@H]4C3=O)CC2)c(C)c1. The Morgan fingerprint density at radius 1 is 1.00 bits per heavy atom. The monoisotopic (exact) mass is 418 g/mol. The number of nitrogens with zero attached hydrogens (tertiary/aromatic N) is 2. The predicted molar refractivity (Wildman–Crippen MR) is 107 cm³/mol. The molecule has 2 saturated heterocycles. The summed E-state index contributed by atoms with van der Waals surface area (Å²) in [5.41, 5.74) is 1.79. The van der Waals surface area contributed by atoms with Crippen LogP contribution in [-0.4, -0.2) is 62.3 Å². The van der Waals surface area contributed by atoms with Crippen LogP contribution in [0.5, 0.6) is 0 Å². The van der Waals surface area contributed by atoms with Crippen LogP contribution in [0.4, 0.5) is 0 Å². The van der Waals surface area contributed by atoms with E-state index < -0.39 is 10.0 Å². The van der Waals surface area contributed by atoms with Gasteiger partial charge in [0.2, 0.25) is 21.8 Å². The lowest BCUT2D eigenvalue weighted by atomic mass is 9.85. The van der Waals surface area contributed by atoms with E-state index in [1.807, 2.05) is 38.1 Å². The summed E-state index contributed by atoms with van der Waals surface area (Å²) in [7, 11) is -3.53. The summed E-state index contributed by atoms with van der Waals surface area (Å²) in [5, 5.41) is 0. The quantitative estimate of drug-likeness (QED) is 0.556. The summed E-state index contributed by atoms with van der Waals surface area (Å²) in [6, 6.07) is 5.38. The first kappa shape index (κ1) is 20.3. The first-order chi connectivity index (χ1) is 13.8.